The highest BCUT2D eigenvalue weighted by atomic mass is 32.2. The third-order valence-electron chi connectivity index (χ3n) is 8.15. The lowest BCUT2D eigenvalue weighted by atomic mass is 9.94. The van der Waals surface area contributed by atoms with Gasteiger partial charge in [0.1, 0.15) is 12.7 Å². The molecule has 5 atom stereocenters. The molecule has 0 amide bonds. The number of benzene rings is 3. The molecular weight excluding hydrogens is 680 g/mol. The predicted octanol–water partition coefficient (Wildman–Crippen LogP) is 4.16. The van der Waals surface area contributed by atoms with Gasteiger partial charge >= 0.3 is 11.9 Å². The van der Waals surface area contributed by atoms with E-state index in [2.05, 4.69) is 0 Å². The van der Waals surface area contributed by atoms with Gasteiger partial charge in [-0.2, -0.15) is 0 Å². The number of nitro benzene ring substituents is 2. The van der Waals surface area contributed by atoms with Crippen LogP contribution in [0.4, 0.5) is 11.4 Å². The van der Waals surface area contributed by atoms with Crippen LogP contribution in [-0.2, 0) is 38.3 Å². The lowest BCUT2D eigenvalue weighted by Gasteiger charge is -2.26. The molecule has 1 saturated heterocycles. The first kappa shape index (κ1) is 38.0. The molecule has 3 unspecified atom stereocenters. The van der Waals surface area contributed by atoms with Gasteiger partial charge in [0.15, 0.2) is 16.1 Å². The smallest absolute Gasteiger partial charge is 0.338 e. The lowest BCUT2D eigenvalue weighted by molar-refractivity contribution is -0.385. The number of carbonyl (C=O) groups is 2. The Morgan fingerprint density at radius 3 is 1.82 bits per heavy atom. The van der Waals surface area contributed by atoms with Crippen molar-refractivity contribution in [2.45, 2.75) is 48.4 Å². The Morgan fingerprint density at radius 2 is 1.32 bits per heavy atom. The molecule has 0 saturated carbocycles. The minimum atomic E-state index is -3.83. The molecule has 268 valence electrons. The maximum absolute atomic E-state index is 13.5. The first-order chi connectivity index (χ1) is 23.9. The molecule has 0 spiro atoms. The Kier molecular flexibility index (Phi) is 13.1. The van der Waals surface area contributed by atoms with Crippen LogP contribution in [-0.4, -0.2) is 94.6 Å². The molecule has 4 rings (SSSR count). The van der Waals surface area contributed by atoms with E-state index < -0.39 is 74.9 Å². The largest absolute Gasteiger partial charge is 0.458 e. The van der Waals surface area contributed by atoms with Crippen molar-refractivity contribution in [3.05, 3.63) is 110 Å². The van der Waals surface area contributed by atoms with E-state index in [0.717, 1.165) is 24.3 Å². The second-order valence-corrected chi connectivity index (χ2v) is 13.3. The minimum absolute atomic E-state index is 0.000602. The first-order valence-electron chi connectivity index (χ1n) is 15.3. The summed E-state index contributed by atoms with van der Waals surface area (Å²) in [6.45, 7) is -0.499. The van der Waals surface area contributed by atoms with Gasteiger partial charge in [0.05, 0.1) is 49.9 Å². The van der Waals surface area contributed by atoms with Gasteiger partial charge in [0.2, 0.25) is 0 Å². The van der Waals surface area contributed by atoms with Crippen molar-refractivity contribution in [1.82, 2.24) is 0 Å². The van der Waals surface area contributed by atoms with Crippen molar-refractivity contribution < 1.29 is 56.3 Å². The number of rotatable bonds is 17. The zero-order valence-corrected chi connectivity index (χ0v) is 28.1. The Bertz CT molecular complexity index is 1730. The summed E-state index contributed by atoms with van der Waals surface area (Å²) in [6.07, 6.45) is -4.44. The summed E-state index contributed by atoms with van der Waals surface area (Å²) >= 11 is 0. The van der Waals surface area contributed by atoms with Gasteiger partial charge in [-0.25, -0.2) is 18.0 Å². The van der Waals surface area contributed by atoms with Gasteiger partial charge in [-0.1, -0.05) is 18.2 Å². The van der Waals surface area contributed by atoms with Crippen LogP contribution in [0.2, 0.25) is 0 Å². The van der Waals surface area contributed by atoms with Crippen molar-refractivity contribution in [3.8, 4) is 0 Å². The maximum Gasteiger partial charge on any atom is 0.338 e. The Morgan fingerprint density at radius 1 is 0.780 bits per heavy atom. The highest BCUT2D eigenvalue weighted by Crippen LogP contribution is 2.37. The topological polar surface area (TPSA) is 210 Å². The summed E-state index contributed by atoms with van der Waals surface area (Å²) in [5, 5.41) is 22.1. The number of sulfone groups is 1. The van der Waals surface area contributed by atoms with Crippen LogP contribution < -0.4 is 0 Å². The predicted molar refractivity (Wildman–Crippen MR) is 174 cm³/mol. The van der Waals surface area contributed by atoms with Crippen molar-refractivity contribution in [1.29, 1.82) is 0 Å². The van der Waals surface area contributed by atoms with E-state index in [-0.39, 0.29) is 46.0 Å². The van der Waals surface area contributed by atoms with Gasteiger partial charge in [-0.05, 0) is 36.4 Å². The van der Waals surface area contributed by atoms with E-state index in [0.29, 0.717) is 0 Å². The molecule has 3 aromatic carbocycles. The van der Waals surface area contributed by atoms with Crippen LogP contribution in [0.5, 0.6) is 0 Å². The molecule has 0 aromatic heterocycles. The number of ether oxygens (including phenoxy) is 6. The van der Waals surface area contributed by atoms with Gasteiger partial charge in [0.25, 0.3) is 11.4 Å². The third kappa shape index (κ3) is 9.66. The molecule has 0 bridgehead atoms. The fourth-order valence-electron chi connectivity index (χ4n) is 5.61. The third-order valence-corrected chi connectivity index (χ3v) is 9.96. The second-order valence-electron chi connectivity index (χ2n) is 11.3. The minimum Gasteiger partial charge on any atom is -0.458 e. The zero-order valence-electron chi connectivity index (χ0n) is 27.3. The molecule has 50 heavy (non-hydrogen) atoms. The van der Waals surface area contributed by atoms with Crippen LogP contribution in [0.15, 0.2) is 83.8 Å². The molecule has 1 aliphatic rings. The van der Waals surface area contributed by atoms with Crippen LogP contribution in [0.3, 0.4) is 0 Å². The average Bonchev–Trinajstić information content (AvgIpc) is 3.43. The zero-order chi connectivity index (χ0) is 36.4. The number of carbonyl (C=O) groups excluding carboxylic acids is 2. The SMILES string of the molecule is COC(CC1OC(C[C@@H](COC(=O)c2ccc([N+](=O)[O-])cc2)OC(=O)c2ccc([N+](=O)[O-])cc2)C(OC)[C@H]1CS(=O)(=O)c1ccccc1)OC. The maximum atomic E-state index is 13.5. The number of nitrogens with zero attached hydrogens (tertiary/aromatic N) is 2. The summed E-state index contributed by atoms with van der Waals surface area (Å²) in [7, 11) is 0.414. The Hall–Kier alpha value is -4.81. The van der Waals surface area contributed by atoms with E-state index in [4.69, 9.17) is 28.4 Å². The van der Waals surface area contributed by atoms with E-state index >= 15 is 0 Å². The normalized spacial score (nSPS) is 19.5. The summed E-state index contributed by atoms with van der Waals surface area (Å²) in [6, 6.07) is 17.3. The molecule has 0 N–H and O–H groups in total. The summed E-state index contributed by atoms with van der Waals surface area (Å²) in [5.41, 5.74) is -0.501. The molecule has 0 aliphatic carbocycles. The van der Waals surface area contributed by atoms with Gasteiger partial charge in [-0.15, -0.1) is 0 Å². The van der Waals surface area contributed by atoms with Gasteiger partial charge in [-0.3, -0.25) is 20.2 Å². The first-order valence-corrected chi connectivity index (χ1v) is 16.9. The molecule has 3 aromatic rings. The fraction of sp³-hybridized carbons (Fsp3) is 0.394. The average molecular weight is 717 g/mol. The van der Waals surface area contributed by atoms with Crippen molar-refractivity contribution in [2.24, 2.45) is 5.92 Å². The number of nitro groups is 2. The Balaban J connectivity index is 1.60. The van der Waals surface area contributed by atoms with Crippen LogP contribution in [0.1, 0.15) is 33.6 Å². The second kappa shape index (κ2) is 17.2. The van der Waals surface area contributed by atoms with Crippen LogP contribution in [0.25, 0.3) is 0 Å². The van der Waals surface area contributed by atoms with Crippen molar-refractivity contribution >= 4 is 33.2 Å². The monoisotopic (exact) mass is 716 g/mol. The Labute approximate surface area is 287 Å². The van der Waals surface area contributed by atoms with Crippen LogP contribution in [0, 0.1) is 26.1 Å². The molecule has 1 aliphatic heterocycles. The lowest BCUT2D eigenvalue weighted by Crippen LogP contribution is -2.38. The fourth-order valence-corrected chi connectivity index (χ4v) is 7.29. The number of methoxy groups -OCH3 is 3. The number of hydrogen-bond acceptors (Lipinski definition) is 14. The van der Waals surface area contributed by atoms with Crippen LogP contribution >= 0.6 is 0 Å². The molecule has 17 heteroatoms. The number of esters is 2. The van der Waals surface area contributed by atoms with E-state index in [1.54, 1.807) is 18.2 Å². The van der Waals surface area contributed by atoms with E-state index in [9.17, 15) is 38.2 Å². The molecule has 1 fully saturated rings. The highest BCUT2D eigenvalue weighted by Gasteiger charge is 2.48. The van der Waals surface area contributed by atoms with Gasteiger partial charge < -0.3 is 28.4 Å². The molecule has 1 heterocycles. The molecule has 0 radical (unpaired) electrons. The van der Waals surface area contributed by atoms with Gasteiger partial charge in [0, 0.05) is 64.4 Å². The summed E-state index contributed by atoms with van der Waals surface area (Å²) in [5.74, 6) is -2.85. The molecular formula is C33H36N2O14S. The summed E-state index contributed by atoms with van der Waals surface area (Å²) in [4.78, 5) is 47.0. The number of hydrogen-bond donors (Lipinski definition) is 0. The highest BCUT2D eigenvalue weighted by molar-refractivity contribution is 7.91. The molecule has 16 nitrogen and oxygen atoms in total. The van der Waals surface area contributed by atoms with Crippen molar-refractivity contribution in [3.63, 3.8) is 0 Å². The number of non-ortho nitro benzene ring substituents is 2. The van der Waals surface area contributed by atoms with Crippen molar-refractivity contribution in [2.75, 3.05) is 33.7 Å². The summed E-state index contributed by atoms with van der Waals surface area (Å²) < 4.78 is 61.1. The van der Waals surface area contributed by atoms with E-state index in [1.807, 2.05) is 0 Å². The van der Waals surface area contributed by atoms with E-state index in [1.165, 1.54) is 57.7 Å². The standard InChI is InChI=1S/C33H36N2O14S/c1-44-30(45-2)18-28-27(20-50(42,43)26-7-5-4-6-8-26)31(46-3)29(49-28)17-25(48-33(37)22-11-15-24(16-12-22)35(40)41)19-47-32(36)21-9-13-23(14-10-21)34(38)39/h4-16,25,27-31H,17-20H2,1-3H3/t25-,27-,28?,29?,31?/m0/s1. The quantitative estimate of drug-likeness (QED) is 0.0832.